The molecular weight excluding hydrogens is 569 g/mol. The summed E-state index contributed by atoms with van der Waals surface area (Å²) in [4.78, 5) is 39.8. The van der Waals surface area contributed by atoms with Gasteiger partial charge in [-0.05, 0) is 67.9 Å². The third-order valence-corrected chi connectivity index (χ3v) is 8.84. The van der Waals surface area contributed by atoms with Gasteiger partial charge in [0.15, 0.2) is 0 Å². The van der Waals surface area contributed by atoms with Crippen LogP contribution < -0.4 is 20.9 Å². The standard InChI is InChI=1S/C27H30ClF3N4O4S/c28-22-9-8-21(40-22)26(38)32-13-19(34-24(16-4-5-16)15-2-1-3-15)25(37)33-17-6-7-20(18(12-17)27(29,30)31)35-10-11-39-14-23(35)36/h6-9,12,15-16,19,24,34H,1-5,10-11,13-14H2,(H,32,38)(H,33,37)/t19-,24?/m0/s1. The average Bonchev–Trinajstić information content (AvgIpc) is 3.63. The second kappa shape index (κ2) is 12.1. The van der Waals surface area contributed by atoms with Crippen molar-refractivity contribution in [2.24, 2.45) is 11.8 Å². The number of anilines is 2. The maximum atomic E-state index is 14.0. The van der Waals surface area contributed by atoms with Crippen molar-refractivity contribution in [3.63, 3.8) is 0 Å². The zero-order chi connectivity index (χ0) is 28.4. The number of hydrogen-bond donors (Lipinski definition) is 3. The molecule has 1 saturated heterocycles. The molecule has 2 saturated carbocycles. The minimum absolute atomic E-state index is 0.00150. The third-order valence-electron chi connectivity index (χ3n) is 7.61. The van der Waals surface area contributed by atoms with E-state index in [1.165, 1.54) is 12.1 Å². The Labute approximate surface area is 238 Å². The van der Waals surface area contributed by atoms with Crippen LogP contribution in [0, 0.1) is 11.8 Å². The fraction of sp³-hybridized carbons (Fsp3) is 0.519. The molecule has 0 bridgehead atoms. The highest BCUT2D eigenvalue weighted by Crippen LogP contribution is 2.43. The molecule has 0 radical (unpaired) electrons. The van der Waals surface area contributed by atoms with Crippen molar-refractivity contribution in [2.75, 3.05) is 36.5 Å². The van der Waals surface area contributed by atoms with Gasteiger partial charge in [-0.2, -0.15) is 13.2 Å². The first-order valence-electron chi connectivity index (χ1n) is 13.3. The molecule has 1 aromatic heterocycles. The summed E-state index contributed by atoms with van der Waals surface area (Å²) >= 11 is 7.06. The van der Waals surface area contributed by atoms with Gasteiger partial charge in [-0.1, -0.05) is 18.0 Å². The number of nitrogens with zero attached hydrogens (tertiary/aromatic N) is 1. The topological polar surface area (TPSA) is 99.8 Å². The van der Waals surface area contributed by atoms with Gasteiger partial charge < -0.3 is 25.6 Å². The van der Waals surface area contributed by atoms with Crippen LogP contribution in [-0.4, -0.2) is 56.1 Å². The van der Waals surface area contributed by atoms with Gasteiger partial charge in [0.1, 0.15) is 12.6 Å². The summed E-state index contributed by atoms with van der Waals surface area (Å²) in [5.41, 5.74) is -1.37. The van der Waals surface area contributed by atoms with E-state index in [0.29, 0.717) is 21.0 Å². The summed E-state index contributed by atoms with van der Waals surface area (Å²) in [6, 6.07) is 5.79. The van der Waals surface area contributed by atoms with Crippen molar-refractivity contribution in [1.29, 1.82) is 0 Å². The van der Waals surface area contributed by atoms with Crippen LogP contribution in [0.2, 0.25) is 4.34 Å². The normalized spacial score (nSPS) is 19.6. The van der Waals surface area contributed by atoms with Crippen molar-refractivity contribution in [2.45, 2.75) is 50.4 Å². The molecule has 2 aliphatic carbocycles. The monoisotopic (exact) mass is 598 g/mol. The molecule has 2 atom stereocenters. The summed E-state index contributed by atoms with van der Waals surface area (Å²) in [6.45, 7) is -0.224. The number of rotatable bonds is 10. The van der Waals surface area contributed by atoms with E-state index in [1.54, 1.807) is 12.1 Å². The van der Waals surface area contributed by atoms with Gasteiger partial charge in [-0.3, -0.25) is 14.4 Å². The van der Waals surface area contributed by atoms with E-state index in [2.05, 4.69) is 16.0 Å². The molecule has 3 amide bonds. The number of amides is 3. The largest absolute Gasteiger partial charge is 0.418 e. The van der Waals surface area contributed by atoms with Crippen LogP contribution in [0.1, 0.15) is 47.3 Å². The predicted octanol–water partition coefficient (Wildman–Crippen LogP) is 4.69. The molecule has 3 aliphatic rings. The summed E-state index contributed by atoms with van der Waals surface area (Å²) in [7, 11) is 0. The van der Waals surface area contributed by atoms with Crippen molar-refractivity contribution in [1.82, 2.24) is 10.6 Å². The van der Waals surface area contributed by atoms with Crippen molar-refractivity contribution in [3.8, 4) is 0 Å². The Morgan fingerprint density at radius 2 is 1.88 bits per heavy atom. The van der Waals surface area contributed by atoms with Crippen LogP contribution in [0.15, 0.2) is 30.3 Å². The van der Waals surface area contributed by atoms with Crippen molar-refractivity contribution >= 4 is 52.0 Å². The van der Waals surface area contributed by atoms with Crippen molar-refractivity contribution in [3.05, 3.63) is 45.1 Å². The first-order chi connectivity index (χ1) is 19.1. The molecule has 1 unspecified atom stereocenters. The Balaban J connectivity index is 1.35. The lowest BCUT2D eigenvalue weighted by Gasteiger charge is -2.37. The summed E-state index contributed by atoms with van der Waals surface area (Å²) in [5.74, 6) is -0.645. The van der Waals surface area contributed by atoms with E-state index in [-0.39, 0.29) is 49.6 Å². The predicted molar refractivity (Wildman–Crippen MR) is 146 cm³/mol. The fourth-order valence-electron chi connectivity index (χ4n) is 5.17. The maximum Gasteiger partial charge on any atom is 0.418 e. The summed E-state index contributed by atoms with van der Waals surface area (Å²) < 4.78 is 47.6. The highest BCUT2D eigenvalue weighted by Gasteiger charge is 2.41. The Bertz CT molecular complexity index is 1260. The highest BCUT2D eigenvalue weighted by molar-refractivity contribution is 7.18. The molecule has 1 aliphatic heterocycles. The lowest BCUT2D eigenvalue weighted by Crippen LogP contribution is -2.55. The molecule has 2 aromatic rings. The second-order valence-electron chi connectivity index (χ2n) is 10.4. The average molecular weight is 599 g/mol. The van der Waals surface area contributed by atoms with Gasteiger partial charge in [-0.25, -0.2) is 0 Å². The molecule has 3 N–H and O–H groups in total. The van der Waals surface area contributed by atoms with Crippen molar-refractivity contribution < 1.29 is 32.3 Å². The zero-order valence-electron chi connectivity index (χ0n) is 21.6. The van der Waals surface area contributed by atoms with E-state index < -0.39 is 29.6 Å². The quantitative estimate of drug-likeness (QED) is 0.369. The van der Waals surface area contributed by atoms with Gasteiger partial charge in [0.25, 0.3) is 11.8 Å². The maximum absolute atomic E-state index is 14.0. The lowest BCUT2D eigenvalue weighted by molar-refractivity contribution is -0.137. The van der Waals surface area contributed by atoms with Crippen LogP contribution >= 0.6 is 22.9 Å². The Hall–Kier alpha value is -2.67. The number of alkyl halides is 3. The molecule has 216 valence electrons. The van der Waals surface area contributed by atoms with E-state index in [1.807, 2.05) is 0 Å². The van der Waals surface area contributed by atoms with Gasteiger partial charge in [-0.15, -0.1) is 11.3 Å². The van der Waals surface area contributed by atoms with Crippen LogP contribution in [0.25, 0.3) is 0 Å². The third kappa shape index (κ3) is 6.79. The van der Waals surface area contributed by atoms with Crippen LogP contribution in [0.3, 0.4) is 0 Å². The van der Waals surface area contributed by atoms with Crippen LogP contribution in [-0.2, 0) is 20.5 Å². The molecular formula is C27H30ClF3N4O4S. The Morgan fingerprint density at radius 1 is 1.12 bits per heavy atom. The SMILES string of the molecule is O=C(NC[C@H](NC(C1CCC1)C1CC1)C(=O)Nc1ccc(N2CCOCC2=O)c(C(F)(F)F)c1)c1ccc(Cl)s1. The number of carbonyl (C=O) groups is 3. The summed E-state index contributed by atoms with van der Waals surface area (Å²) in [5, 5.41) is 8.79. The Morgan fingerprint density at radius 3 is 2.48 bits per heavy atom. The molecule has 0 spiro atoms. The number of benzene rings is 1. The molecule has 5 rings (SSSR count). The van der Waals surface area contributed by atoms with Gasteiger partial charge in [0.2, 0.25) is 5.91 Å². The molecule has 8 nitrogen and oxygen atoms in total. The van der Waals surface area contributed by atoms with Gasteiger partial charge in [0, 0.05) is 24.8 Å². The number of morpholine rings is 1. The molecule has 40 heavy (non-hydrogen) atoms. The second-order valence-corrected chi connectivity index (χ2v) is 12.1. The minimum atomic E-state index is -4.76. The molecule has 2 heterocycles. The van der Waals surface area contributed by atoms with E-state index in [9.17, 15) is 27.6 Å². The van der Waals surface area contributed by atoms with Crippen LogP contribution in [0.4, 0.5) is 24.5 Å². The lowest BCUT2D eigenvalue weighted by atomic mass is 9.77. The fourth-order valence-corrected chi connectivity index (χ4v) is 6.13. The number of ether oxygens (including phenoxy) is 1. The van der Waals surface area contributed by atoms with E-state index in [0.717, 1.165) is 54.4 Å². The van der Waals surface area contributed by atoms with Gasteiger partial charge in [0.05, 0.1) is 27.1 Å². The zero-order valence-corrected chi connectivity index (χ0v) is 23.1. The molecule has 13 heteroatoms. The Kier molecular flexibility index (Phi) is 8.69. The molecule has 1 aromatic carbocycles. The number of carbonyl (C=O) groups excluding carboxylic acids is 3. The number of thiophene rings is 1. The number of hydrogen-bond acceptors (Lipinski definition) is 6. The smallest absolute Gasteiger partial charge is 0.370 e. The van der Waals surface area contributed by atoms with E-state index in [4.69, 9.17) is 16.3 Å². The highest BCUT2D eigenvalue weighted by atomic mass is 35.5. The summed E-state index contributed by atoms with van der Waals surface area (Å²) in [6.07, 6.45) is 0.584. The molecule has 3 fully saturated rings. The minimum Gasteiger partial charge on any atom is -0.370 e. The van der Waals surface area contributed by atoms with E-state index >= 15 is 0 Å². The van der Waals surface area contributed by atoms with Gasteiger partial charge >= 0.3 is 6.18 Å². The first-order valence-corrected chi connectivity index (χ1v) is 14.5. The van der Waals surface area contributed by atoms with Crippen LogP contribution in [0.5, 0.6) is 0 Å². The number of halogens is 4. The number of nitrogens with one attached hydrogen (secondary N) is 3. The first kappa shape index (κ1) is 28.8.